The first kappa shape index (κ1) is 22.8. The first-order valence-electron chi connectivity index (χ1n) is 11.4. The second kappa shape index (κ2) is 9.25. The molecule has 1 unspecified atom stereocenters. The van der Waals surface area contributed by atoms with E-state index in [1.807, 2.05) is 24.3 Å². The number of benzene rings is 2. The Labute approximate surface area is 193 Å². The van der Waals surface area contributed by atoms with Gasteiger partial charge in [0.15, 0.2) is 0 Å². The Bertz CT molecular complexity index is 1010. The Morgan fingerprint density at radius 3 is 2.15 bits per heavy atom. The summed E-state index contributed by atoms with van der Waals surface area (Å²) in [5, 5.41) is 14.7. The van der Waals surface area contributed by atoms with E-state index >= 15 is 0 Å². The van der Waals surface area contributed by atoms with Crippen molar-refractivity contribution in [2.75, 3.05) is 13.2 Å². The van der Waals surface area contributed by atoms with E-state index in [9.17, 15) is 19.5 Å². The smallest absolute Gasteiger partial charge is 0.407 e. The molecule has 0 bridgehead atoms. The van der Waals surface area contributed by atoms with Gasteiger partial charge in [-0.05, 0) is 47.4 Å². The number of fused-ring (bicyclic) bond motifs is 3. The van der Waals surface area contributed by atoms with Gasteiger partial charge in [0.25, 0.3) is 0 Å². The summed E-state index contributed by atoms with van der Waals surface area (Å²) >= 11 is 0. The molecule has 33 heavy (non-hydrogen) atoms. The van der Waals surface area contributed by atoms with Gasteiger partial charge in [-0.3, -0.25) is 4.79 Å². The summed E-state index contributed by atoms with van der Waals surface area (Å²) in [6.45, 7) is 3.96. The van der Waals surface area contributed by atoms with Crippen molar-refractivity contribution >= 4 is 18.0 Å². The van der Waals surface area contributed by atoms with Gasteiger partial charge in [-0.2, -0.15) is 0 Å². The van der Waals surface area contributed by atoms with Gasteiger partial charge in [-0.15, -0.1) is 0 Å². The van der Waals surface area contributed by atoms with E-state index in [4.69, 9.17) is 4.74 Å². The van der Waals surface area contributed by atoms with Gasteiger partial charge in [-0.1, -0.05) is 62.4 Å². The maximum absolute atomic E-state index is 12.6. The summed E-state index contributed by atoms with van der Waals surface area (Å²) in [5.74, 6) is -1.32. The first-order valence-corrected chi connectivity index (χ1v) is 11.4. The minimum Gasteiger partial charge on any atom is -0.480 e. The van der Waals surface area contributed by atoms with Crippen LogP contribution in [0.3, 0.4) is 0 Å². The van der Waals surface area contributed by atoms with Crippen molar-refractivity contribution < 1.29 is 24.2 Å². The summed E-state index contributed by atoms with van der Waals surface area (Å²) in [6, 6.07) is 15.4. The molecule has 0 heterocycles. The van der Waals surface area contributed by atoms with Crippen molar-refractivity contribution in [2.45, 2.75) is 45.1 Å². The number of carboxylic acids is 1. The van der Waals surface area contributed by atoms with Gasteiger partial charge in [0.05, 0.1) is 0 Å². The van der Waals surface area contributed by atoms with Crippen LogP contribution in [0.2, 0.25) is 0 Å². The number of carbonyl (C=O) groups is 3. The first-order chi connectivity index (χ1) is 15.8. The van der Waals surface area contributed by atoms with Crippen molar-refractivity contribution in [3.05, 3.63) is 59.7 Å². The number of alkyl carbamates (subject to hydrolysis) is 1. The van der Waals surface area contributed by atoms with Crippen LogP contribution in [0.15, 0.2) is 48.5 Å². The van der Waals surface area contributed by atoms with Crippen molar-refractivity contribution in [1.29, 1.82) is 0 Å². The van der Waals surface area contributed by atoms with Gasteiger partial charge >= 0.3 is 12.1 Å². The van der Waals surface area contributed by atoms with Crippen LogP contribution in [0.5, 0.6) is 0 Å². The summed E-state index contributed by atoms with van der Waals surface area (Å²) in [7, 11) is 0. The van der Waals surface area contributed by atoms with Crippen molar-refractivity contribution in [3.8, 4) is 11.1 Å². The van der Waals surface area contributed by atoms with Gasteiger partial charge in [-0.25, -0.2) is 9.59 Å². The Morgan fingerprint density at radius 2 is 1.61 bits per heavy atom. The molecule has 174 valence electrons. The molecule has 3 N–H and O–H groups in total. The number of nitrogens with one attached hydrogen (secondary N) is 2. The predicted molar refractivity (Wildman–Crippen MR) is 124 cm³/mol. The number of carbonyl (C=O) groups excluding carboxylic acids is 2. The molecule has 1 saturated carbocycles. The van der Waals surface area contributed by atoms with E-state index in [0.29, 0.717) is 6.42 Å². The second-order valence-corrected chi connectivity index (χ2v) is 9.51. The van der Waals surface area contributed by atoms with E-state index in [-0.39, 0.29) is 30.9 Å². The molecule has 7 nitrogen and oxygen atoms in total. The molecule has 2 aromatic carbocycles. The lowest BCUT2D eigenvalue weighted by Crippen LogP contribution is -2.48. The van der Waals surface area contributed by atoms with Crippen molar-refractivity contribution in [1.82, 2.24) is 10.6 Å². The third kappa shape index (κ3) is 5.02. The SMILES string of the molecule is CC(C)(CCNC(=O)OCC1c2ccccc2-c2ccccc21)C(=O)NC(C(=O)O)C1CC1. The lowest BCUT2D eigenvalue weighted by atomic mass is 9.87. The molecule has 0 aromatic heterocycles. The topological polar surface area (TPSA) is 105 Å². The molecule has 2 aliphatic carbocycles. The Balaban J connectivity index is 1.27. The van der Waals surface area contributed by atoms with Gasteiger partial charge < -0.3 is 20.5 Å². The molecule has 2 amide bonds. The van der Waals surface area contributed by atoms with E-state index in [1.165, 1.54) is 11.1 Å². The highest BCUT2D eigenvalue weighted by Crippen LogP contribution is 2.44. The van der Waals surface area contributed by atoms with Gasteiger partial charge in [0.1, 0.15) is 12.6 Å². The lowest BCUT2D eigenvalue weighted by Gasteiger charge is -2.26. The molecule has 0 saturated heterocycles. The fourth-order valence-corrected chi connectivity index (χ4v) is 4.39. The summed E-state index contributed by atoms with van der Waals surface area (Å²) in [5.41, 5.74) is 3.81. The quantitative estimate of drug-likeness (QED) is 0.537. The average molecular weight is 451 g/mol. The normalized spacial score (nSPS) is 15.8. The number of carboxylic acid groups (broad SMARTS) is 1. The van der Waals surface area contributed by atoms with Crippen LogP contribution in [-0.4, -0.2) is 42.3 Å². The molecule has 0 radical (unpaired) electrons. The highest BCUT2D eigenvalue weighted by Gasteiger charge is 2.40. The van der Waals surface area contributed by atoms with E-state index in [2.05, 4.69) is 34.9 Å². The minimum absolute atomic E-state index is 0.0132. The number of hydrogen-bond acceptors (Lipinski definition) is 4. The van der Waals surface area contributed by atoms with E-state index in [1.54, 1.807) is 13.8 Å². The van der Waals surface area contributed by atoms with Crippen LogP contribution < -0.4 is 10.6 Å². The summed E-state index contributed by atoms with van der Waals surface area (Å²) < 4.78 is 5.52. The maximum Gasteiger partial charge on any atom is 0.407 e. The third-order valence-electron chi connectivity index (χ3n) is 6.62. The van der Waals surface area contributed by atoms with Gasteiger partial charge in [0.2, 0.25) is 5.91 Å². The van der Waals surface area contributed by atoms with Crippen LogP contribution in [0, 0.1) is 11.3 Å². The largest absolute Gasteiger partial charge is 0.480 e. The Hall–Kier alpha value is -3.35. The summed E-state index contributed by atoms with van der Waals surface area (Å²) in [4.78, 5) is 36.3. The molecule has 1 fully saturated rings. The zero-order valence-electron chi connectivity index (χ0n) is 19.0. The minimum atomic E-state index is -1.00. The molecular formula is C26H30N2O5. The Kier molecular flexibility index (Phi) is 6.40. The monoisotopic (exact) mass is 450 g/mol. The van der Waals surface area contributed by atoms with Crippen LogP contribution in [0.4, 0.5) is 4.79 Å². The maximum atomic E-state index is 12.6. The molecule has 1 atom stereocenters. The highest BCUT2D eigenvalue weighted by atomic mass is 16.5. The number of rotatable bonds is 9. The van der Waals surface area contributed by atoms with E-state index in [0.717, 1.165) is 24.0 Å². The molecule has 2 aromatic rings. The number of hydrogen-bond donors (Lipinski definition) is 3. The van der Waals surface area contributed by atoms with Crippen LogP contribution in [0.25, 0.3) is 11.1 Å². The highest BCUT2D eigenvalue weighted by molar-refractivity contribution is 5.87. The second-order valence-electron chi connectivity index (χ2n) is 9.51. The standard InChI is InChI=1S/C26H30N2O5/c1-26(2,24(31)28-22(23(29)30)16-11-12-16)13-14-27-25(32)33-15-21-19-9-5-3-7-17(19)18-8-4-6-10-20(18)21/h3-10,16,21-22H,11-15H2,1-2H3,(H,27,32)(H,28,31)(H,29,30). The fourth-order valence-electron chi connectivity index (χ4n) is 4.39. The zero-order valence-corrected chi connectivity index (χ0v) is 19.0. The number of aliphatic carboxylic acids is 1. The molecule has 0 aliphatic heterocycles. The van der Waals surface area contributed by atoms with Crippen LogP contribution in [-0.2, 0) is 14.3 Å². The average Bonchev–Trinajstić information content (AvgIpc) is 3.58. The van der Waals surface area contributed by atoms with Gasteiger partial charge in [0, 0.05) is 17.9 Å². The number of ether oxygens (including phenoxy) is 1. The Morgan fingerprint density at radius 1 is 1.03 bits per heavy atom. The van der Waals surface area contributed by atoms with Crippen LogP contribution in [0.1, 0.15) is 50.2 Å². The lowest BCUT2D eigenvalue weighted by molar-refractivity contribution is -0.144. The van der Waals surface area contributed by atoms with Crippen molar-refractivity contribution in [2.24, 2.45) is 11.3 Å². The third-order valence-corrected chi connectivity index (χ3v) is 6.62. The van der Waals surface area contributed by atoms with Crippen molar-refractivity contribution in [3.63, 3.8) is 0 Å². The molecule has 7 heteroatoms. The number of amides is 2. The van der Waals surface area contributed by atoms with E-state index < -0.39 is 23.5 Å². The zero-order chi connectivity index (χ0) is 23.6. The molecular weight excluding hydrogens is 420 g/mol. The predicted octanol–water partition coefficient (Wildman–Crippen LogP) is 3.92. The molecule has 4 rings (SSSR count). The van der Waals surface area contributed by atoms with Crippen LogP contribution >= 0.6 is 0 Å². The molecule has 0 spiro atoms. The fraction of sp³-hybridized carbons (Fsp3) is 0.423. The molecule has 2 aliphatic rings. The summed E-state index contributed by atoms with van der Waals surface area (Å²) in [6.07, 6.45) is 1.47.